The van der Waals surface area contributed by atoms with Crippen molar-refractivity contribution < 1.29 is 19.1 Å². The molecule has 9 heteroatoms. The number of hydrogen-bond acceptors (Lipinski definition) is 5. The Balaban J connectivity index is 1.88. The number of aryl methyl sites for hydroxylation is 1. The summed E-state index contributed by atoms with van der Waals surface area (Å²) >= 11 is 6.03. The lowest BCUT2D eigenvalue weighted by Crippen LogP contribution is -2.35. The van der Waals surface area contributed by atoms with E-state index in [1.807, 2.05) is 13.0 Å². The molecule has 0 bridgehead atoms. The first kappa shape index (κ1) is 20.9. The van der Waals surface area contributed by atoms with Gasteiger partial charge in [-0.3, -0.25) is 14.4 Å². The van der Waals surface area contributed by atoms with Gasteiger partial charge in [-0.25, -0.2) is 5.43 Å². The second-order valence-corrected chi connectivity index (χ2v) is 6.06. The van der Waals surface area contributed by atoms with Gasteiger partial charge in [-0.1, -0.05) is 29.8 Å². The summed E-state index contributed by atoms with van der Waals surface area (Å²) in [5, 5.41) is 9.13. The predicted octanol–water partition coefficient (Wildman–Crippen LogP) is 1.86. The number of carbonyl (C=O) groups excluding carboxylic acids is 3. The third-order valence-electron chi connectivity index (χ3n) is 3.50. The molecule has 0 aliphatic carbocycles. The van der Waals surface area contributed by atoms with Crippen molar-refractivity contribution in [3.05, 3.63) is 58.6 Å². The predicted molar refractivity (Wildman–Crippen MR) is 107 cm³/mol. The number of nitrogens with one attached hydrogen (secondary N) is 3. The number of amides is 3. The largest absolute Gasteiger partial charge is 0.484 e. The van der Waals surface area contributed by atoms with Crippen molar-refractivity contribution in [2.75, 3.05) is 19.0 Å². The molecule has 0 spiro atoms. The lowest BCUT2D eigenvalue weighted by molar-refractivity contribution is -0.138. The van der Waals surface area contributed by atoms with Crippen LogP contribution < -0.4 is 20.8 Å². The monoisotopic (exact) mass is 402 g/mol. The zero-order chi connectivity index (χ0) is 20.5. The van der Waals surface area contributed by atoms with Crippen LogP contribution in [0.2, 0.25) is 5.02 Å². The highest BCUT2D eigenvalue weighted by Crippen LogP contribution is 2.20. The van der Waals surface area contributed by atoms with Gasteiger partial charge in [-0.2, -0.15) is 5.10 Å². The molecule has 8 nitrogen and oxygen atoms in total. The van der Waals surface area contributed by atoms with Gasteiger partial charge in [-0.15, -0.1) is 0 Å². The van der Waals surface area contributed by atoms with E-state index in [-0.39, 0.29) is 12.5 Å². The van der Waals surface area contributed by atoms with Crippen molar-refractivity contribution in [2.24, 2.45) is 5.10 Å². The molecule has 0 saturated heterocycles. The van der Waals surface area contributed by atoms with Gasteiger partial charge in [0, 0.05) is 17.8 Å². The zero-order valence-electron chi connectivity index (χ0n) is 15.3. The number of nitrogens with zero attached hydrogens (tertiary/aromatic N) is 1. The molecule has 0 saturated carbocycles. The van der Waals surface area contributed by atoms with E-state index in [1.54, 1.807) is 36.4 Å². The summed E-state index contributed by atoms with van der Waals surface area (Å²) in [6, 6.07) is 12.0. The molecular formula is C19H19ClN4O4. The van der Waals surface area contributed by atoms with E-state index in [2.05, 4.69) is 21.2 Å². The van der Waals surface area contributed by atoms with Crippen LogP contribution in [0.4, 0.5) is 5.69 Å². The summed E-state index contributed by atoms with van der Waals surface area (Å²) in [5.41, 5.74) is 4.20. The number of hydrazone groups is 1. The second kappa shape index (κ2) is 10.1. The fourth-order valence-corrected chi connectivity index (χ4v) is 2.21. The normalized spacial score (nSPS) is 10.4. The van der Waals surface area contributed by atoms with Gasteiger partial charge in [0.05, 0.1) is 6.21 Å². The molecule has 3 N–H and O–H groups in total. The van der Waals surface area contributed by atoms with Crippen molar-refractivity contribution in [3.63, 3.8) is 0 Å². The van der Waals surface area contributed by atoms with Crippen LogP contribution in [-0.4, -0.2) is 37.6 Å². The smallest absolute Gasteiger partial charge is 0.329 e. The highest BCUT2D eigenvalue weighted by molar-refractivity contribution is 6.35. The molecule has 146 valence electrons. The summed E-state index contributed by atoms with van der Waals surface area (Å²) in [4.78, 5) is 34.4. The van der Waals surface area contributed by atoms with Crippen molar-refractivity contribution in [2.45, 2.75) is 6.92 Å². The number of rotatable bonds is 6. The van der Waals surface area contributed by atoms with Crippen molar-refractivity contribution in [1.29, 1.82) is 0 Å². The third kappa shape index (κ3) is 6.40. The van der Waals surface area contributed by atoms with E-state index in [0.29, 0.717) is 22.0 Å². The standard InChI is InChI=1S/C19H19ClN4O4/c1-12-6-7-14(9-16(12)20)23-17(25)11-28-15-5-3-4-13(8-15)10-22-24-19(27)18(26)21-2/h3-10H,11H2,1-2H3,(H,21,26)(H,23,25)(H,24,27)/b22-10-. The topological polar surface area (TPSA) is 109 Å². The first-order chi connectivity index (χ1) is 13.4. The number of halogens is 1. The maximum Gasteiger partial charge on any atom is 0.329 e. The van der Waals surface area contributed by atoms with Crippen molar-refractivity contribution >= 4 is 41.2 Å². The Morgan fingerprint density at radius 2 is 1.93 bits per heavy atom. The second-order valence-electron chi connectivity index (χ2n) is 5.65. The van der Waals surface area contributed by atoms with Crippen molar-refractivity contribution in [1.82, 2.24) is 10.7 Å². The number of hydrogen-bond donors (Lipinski definition) is 3. The third-order valence-corrected chi connectivity index (χ3v) is 3.90. The first-order valence-corrected chi connectivity index (χ1v) is 8.61. The van der Waals surface area contributed by atoms with Crippen LogP contribution in [0.3, 0.4) is 0 Å². The fraction of sp³-hybridized carbons (Fsp3) is 0.158. The molecule has 3 amide bonds. The number of anilines is 1. The molecule has 0 heterocycles. The number of likely N-dealkylation sites (N-methyl/N-ethyl adjacent to an activating group) is 1. The summed E-state index contributed by atoms with van der Waals surface area (Å²) in [6.45, 7) is 1.68. The molecule has 0 aromatic heterocycles. The van der Waals surface area contributed by atoms with Crippen LogP contribution >= 0.6 is 11.6 Å². The Labute approximate surface area is 166 Å². The van der Waals surface area contributed by atoms with Crippen molar-refractivity contribution in [3.8, 4) is 5.75 Å². The molecule has 0 radical (unpaired) electrons. The van der Waals surface area contributed by atoms with Gasteiger partial charge in [0.15, 0.2) is 6.61 Å². The average Bonchev–Trinajstić information content (AvgIpc) is 2.69. The summed E-state index contributed by atoms with van der Waals surface area (Å²) in [5.74, 6) is -1.57. The van der Waals surface area contributed by atoms with Crippen LogP contribution in [0.5, 0.6) is 5.75 Å². The molecule has 0 aliphatic rings. The maximum absolute atomic E-state index is 12.0. The minimum absolute atomic E-state index is 0.195. The lowest BCUT2D eigenvalue weighted by atomic mass is 10.2. The highest BCUT2D eigenvalue weighted by atomic mass is 35.5. The van der Waals surface area contributed by atoms with Crippen LogP contribution in [0.1, 0.15) is 11.1 Å². The molecule has 28 heavy (non-hydrogen) atoms. The fourth-order valence-electron chi connectivity index (χ4n) is 2.03. The maximum atomic E-state index is 12.0. The van der Waals surface area contributed by atoms with E-state index in [1.165, 1.54) is 13.3 Å². The van der Waals surface area contributed by atoms with Crippen LogP contribution in [0, 0.1) is 6.92 Å². The van der Waals surface area contributed by atoms with Gasteiger partial charge in [-0.05, 0) is 42.3 Å². The van der Waals surface area contributed by atoms with Gasteiger partial charge < -0.3 is 15.4 Å². The zero-order valence-corrected chi connectivity index (χ0v) is 16.0. The van der Waals surface area contributed by atoms with E-state index < -0.39 is 11.8 Å². The van der Waals surface area contributed by atoms with Crippen LogP contribution in [0.15, 0.2) is 47.6 Å². The summed E-state index contributed by atoms with van der Waals surface area (Å²) < 4.78 is 5.46. The molecular weight excluding hydrogens is 384 g/mol. The Kier molecular flexibility index (Phi) is 7.53. The lowest BCUT2D eigenvalue weighted by Gasteiger charge is -2.09. The van der Waals surface area contributed by atoms with E-state index in [9.17, 15) is 14.4 Å². The average molecular weight is 403 g/mol. The Bertz CT molecular complexity index is 915. The van der Waals surface area contributed by atoms with Gasteiger partial charge in [0.2, 0.25) is 0 Å². The summed E-state index contributed by atoms with van der Waals surface area (Å²) in [7, 11) is 1.34. The molecule has 2 aromatic rings. The molecule has 2 aromatic carbocycles. The molecule has 2 rings (SSSR count). The van der Waals surface area contributed by atoms with Crippen LogP contribution in [-0.2, 0) is 14.4 Å². The van der Waals surface area contributed by atoms with E-state index in [4.69, 9.17) is 16.3 Å². The number of carbonyl (C=O) groups is 3. The molecule has 0 aliphatic heterocycles. The van der Waals surface area contributed by atoms with Gasteiger partial charge >= 0.3 is 11.8 Å². The number of ether oxygens (including phenoxy) is 1. The van der Waals surface area contributed by atoms with Gasteiger partial charge in [0.1, 0.15) is 5.75 Å². The quantitative estimate of drug-likeness (QED) is 0.389. The molecule has 0 atom stereocenters. The Morgan fingerprint density at radius 3 is 2.64 bits per heavy atom. The Morgan fingerprint density at radius 1 is 1.14 bits per heavy atom. The molecule has 0 unspecified atom stereocenters. The SMILES string of the molecule is CNC(=O)C(=O)N/N=C\c1cccc(OCC(=O)Nc2ccc(C)c(Cl)c2)c1. The van der Waals surface area contributed by atoms with Crippen LogP contribution in [0.25, 0.3) is 0 Å². The Hall–Kier alpha value is -3.39. The minimum atomic E-state index is -0.876. The minimum Gasteiger partial charge on any atom is -0.484 e. The number of benzene rings is 2. The summed E-state index contributed by atoms with van der Waals surface area (Å²) in [6.07, 6.45) is 1.35. The van der Waals surface area contributed by atoms with E-state index >= 15 is 0 Å². The molecule has 0 fully saturated rings. The first-order valence-electron chi connectivity index (χ1n) is 8.23. The van der Waals surface area contributed by atoms with Gasteiger partial charge in [0.25, 0.3) is 5.91 Å². The van der Waals surface area contributed by atoms with E-state index in [0.717, 1.165) is 5.56 Å². The highest BCUT2D eigenvalue weighted by Gasteiger charge is 2.09.